The van der Waals surface area contributed by atoms with Crippen molar-refractivity contribution < 1.29 is 22.8 Å². The number of anilines is 2. The molecule has 0 spiro atoms. The van der Waals surface area contributed by atoms with Crippen LogP contribution in [-0.2, 0) is 6.18 Å². The zero-order chi connectivity index (χ0) is 26.0. The Morgan fingerprint density at radius 3 is 2.19 bits per heavy atom. The summed E-state index contributed by atoms with van der Waals surface area (Å²) in [6.07, 6.45) is -1.23. The van der Waals surface area contributed by atoms with E-state index in [2.05, 4.69) is 15.7 Å². The highest BCUT2D eigenvalue weighted by Gasteiger charge is 2.30. The Hall–Kier alpha value is -4.92. The second-order valence-electron chi connectivity index (χ2n) is 8.24. The molecule has 5 aromatic rings. The Bertz CT molecular complexity index is 1610. The number of carbonyl (C=O) groups is 2. The van der Waals surface area contributed by atoms with Crippen LogP contribution in [0, 0.1) is 0 Å². The molecular formula is C28H19F3N4O2. The number of hydrogen-bond donors (Lipinski definition) is 2. The van der Waals surface area contributed by atoms with Crippen molar-refractivity contribution in [3.8, 4) is 11.1 Å². The predicted molar refractivity (Wildman–Crippen MR) is 134 cm³/mol. The van der Waals surface area contributed by atoms with Gasteiger partial charge in [0.1, 0.15) is 0 Å². The van der Waals surface area contributed by atoms with E-state index in [0.29, 0.717) is 16.8 Å². The summed E-state index contributed by atoms with van der Waals surface area (Å²) < 4.78 is 40.5. The molecule has 6 nitrogen and oxygen atoms in total. The second-order valence-corrected chi connectivity index (χ2v) is 8.24. The fourth-order valence-corrected chi connectivity index (χ4v) is 3.87. The smallest absolute Gasteiger partial charge is 0.322 e. The summed E-state index contributed by atoms with van der Waals surface area (Å²) >= 11 is 0. The van der Waals surface area contributed by atoms with Crippen molar-refractivity contribution >= 4 is 28.7 Å². The Morgan fingerprint density at radius 1 is 0.730 bits per heavy atom. The van der Waals surface area contributed by atoms with Crippen molar-refractivity contribution in [2.75, 3.05) is 10.6 Å². The van der Waals surface area contributed by atoms with Crippen LogP contribution in [0.1, 0.15) is 26.3 Å². The van der Waals surface area contributed by atoms with Crippen LogP contribution in [-0.4, -0.2) is 21.4 Å². The van der Waals surface area contributed by atoms with Crippen molar-refractivity contribution in [2.45, 2.75) is 6.18 Å². The van der Waals surface area contributed by atoms with Crippen LogP contribution in [0.3, 0.4) is 0 Å². The molecule has 0 aliphatic rings. The first kappa shape index (κ1) is 23.8. The minimum absolute atomic E-state index is 0.00971. The maximum absolute atomic E-state index is 13.0. The summed E-state index contributed by atoms with van der Waals surface area (Å²) in [5, 5.41) is 9.50. The average Bonchev–Trinajstić information content (AvgIpc) is 3.32. The maximum atomic E-state index is 13.0. The highest BCUT2D eigenvalue weighted by molar-refractivity contribution is 6.10. The van der Waals surface area contributed by atoms with Gasteiger partial charge in [0, 0.05) is 28.7 Å². The topological polar surface area (TPSA) is 75.5 Å². The van der Waals surface area contributed by atoms with Gasteiger partial charge in [-0.15, -0.1) is 0 Å². The lowest BCUT2D eigenvalue weighted by Crippen LogP contribution is -2.15. The molecule has 0 aliphatic carbocycles. The summed E-state index contributed by atoms with van der Waals surface area (Å²) in [4.78, 5) is 25.6. The summed E-state index contributed by atoms with van der Waals surface area (Å²) in [6.45, 7) is 0. The number of alkyl halides is 3. The number of aromatic nitrogens is 2. The van der Waals surface area contributed by atoms with Gasteiger partial charge in [0.2, 0.25) is 0 Å². The number of amides is 2. The first-order valence-corrected chi connectivity index (χ1v) is 11.2. The van der Waals surface area contributed by atoms with Crippen molar-refractivity contribution in [3.63, 3.8) is 0 Å². The summed E-state index contributed by atoms with van der Waals surface area (Å²) in [5.74, 6) is -1.03. The molecule has 3 aromatic carbocycles. The van der Waals surface area contributed by atoms with E-state index >= 15 is 0 Å². The van der Waals surface area contributed by atoms with Crippen LogP contribution < -0.4 is 10.6 Å². The standard InChI is InChI=1S/C28H19F3N4O2/c29-28(30,31)21-9-5-11-23(15-21)33-26(36)19-8-4-10-22(14-19)34-27(37)24-16-32-35-17-20(12-13-25(24)35)18-6-2-1-3-7-18/h1-17H,(H,33,36)(H,34,37). The van der Waals surface area contributed by atoms with Crippen LogP contribution in [0.15, 0.2) is 103 Å². The fourth-order valence-electron chi connectivity index (χ4n) is 3.87. The van der Waals surface area contributed by atoms with Gasteiger partial charge in [-0.1, -0.05) is 48.5 Å². The number of hydrogen-bond acceptors (Lipinski definition) is 3. The molecule has 2 N–H and O–H groups in total. The molecule has 37 heavy (non-hydrogen) atoms. The van der Waals surface area contributed by atoms with Gasteiger partial charge in [-0.2, -0.15) is 18.3 Å². The molecule has 0 aliphatic heterocycles. The highest BCUT2D eigenvalue weighted by Crippen LogP contribution is 2.31. The zero-order valence-corrected chi connectivity index (χ0v) is 19.2. The van der Waals surface area contributed by atoms with E-state index < -0.39 is 23.6 Å². The van der Waals surface area contributed by atoms with Crippen LogP contribution in [0.25, 0.3) is 16.6 Å². The molecule has 0 radical (unpaired) electrons. The van der Waals surface area contributed by atoms with E-state index in [0.717, 1.165) is 23.3 Å². The van der Waals surface area contributed by atoms with E-state index in [1.54, 1.807) is 16.6 Å². The zero-order valence-electron chi connectivity index (χ0n) is 19.2. The van der Waals surface area contributed by atoms with Crippen molar-refractivity contribution in [1.29, 1.82) is 0 Å². The monoisotopic (exact) mass is 500 g/mol. The number of nitrogens with one attached hydrogen (secondary N) is 2. The third-order valence-electron chi connectivity index (χ3n) is 5.70. The molecule has 184 valence electrons. The van der Waals surface area contributed by atoms with E-state index in [-0.39, 0.29) is 11.3 Å². The van der Waals surface area contributed by atoms with Gasteiger partial charge in [-0.05, 0) is 48.0 Å². The Morgan fingerprint density at radius 2 is 1.43 bits per heavy atom. The minimum Gasteiger partial charge on any atom is -0.322 e. The van der Waals surface area contributed by atoms with Gasteiger partial charge < -0.3 is 10.6 Å². The maximum Gasteiger partial charge on any atom is 0.416 e. The molecule has 0 atom stereocenters. The van der Waals surface area contributed by atoms with Crippen molar-refractivity contribution in [1.82, 2.24) is 9.61 Å². The Kier molecular flexibility index (Phi) is 6.19. The molecular weight excluding hydrogens is 481 g/mol. The summed E-state index contributed by atoms with van der Waals surface area (Å²) in [6, 6.07) is 24.0. The molecule has 0 unspecified atom stereocenters. The molecule has 2 heterocycles. The Balaban J connectivity index is 1.32. The number of carbonyl (C=O) groups excluding carboxylic acids is 2. The summed E-state index contributed by atoms with van der Waals surface area (Å²) in [7, 11) is 0. The van der Waals surface area contributed by atoms with Crippen molar-refractivity contribution in [2.24, 2.45) is 0 Å². The van der Waals surface area contributed by atoms with E-state index in [1.165, 1.54) is 30.5 Å². The van der Waals surface area contributed by atoms with E-state index in [9.17, 15) is 22.8 Å². The SMILES string of the molecule is O=C(Nc1cccc(C(F)(F)F)c1)c1cccc(NC(=O)c2cnn3cc(-c4ccccc4)ccc23)c1. The van der Waals surface area contributed by atoms with Crippen LogP contribution in [0.5, 0.6) is 0 Å². The third-order valence-corrected chi connectivity index (χ3v) is 5.70. The lowest BCUT2D eigenvalue weighted by molar-refractivity contribution is -0.137. The second kappa shape index (κ2) is 9.62. The number of fused-ring (bicyclic) bond motifs is 1. The largest absolute Gasteiger partial charge is 0.416 e. The summed E-state index contributed by atoms with van der Waals surface area (Å²) in [5.41, 5.74) is 2.58. The molecule has 9 heteroatoms. The normalized spacial score (nSPS) is 11.3. The van der Waals surface area contributed by atoms with Gasteiger partial charge in [0.15, 0.2) is 0 Å². The number of rotatable bonds is 5. The predicted octanol–water partition coefficient (Wildman–Crippen LogP) is 6.52. The first-order valence-electron chi connectivity index (χ1n) is 11.2. The molecule has 2 amide bonds. The van der Waals surface area contributed by atoms with E-state index in [1.807, 2.05) is 48.7 Å². The van der Waals surface area contributed by atoms with Gasteiger partial charge in [-0.25, -0.2) is 4.52 Å². The Labute approximate surface area is 209 Å². The average molecular weight is 500 g/mol. The lowest BCUT2D eigenvalue weighted by atomic mass is 10.1. The minimum atomic E-state index is -4.52. The molecule has 0 bridgehead atoms. The third kappa shape index (κ3) is 5.20. The number of nitrogens with zero attached hydrogens (tertiary/aromatic N) is 2. The van der Waals surface area contributed by atoms with Crippen LogP contribution in [0.2, 0.25) is 0 Å². The molecule has 5 rings (SSSR count). The van der Waals surface area contributed by atoms with Gasteiger partial charge in [0.05, 0.1) is 22.8 Å². The first-order chi connectivity index (χ1) is 17.8. The van der Waals surface area contributed by atoms with Crippen molar-refractivity contribution in [3.05, 3.63) is 120 Å². The van der Waals surface area contributed by atoms with Gasteiger partial charge in [-0.3, -0.25) is 9.59 Å². The van der Waals surface area contributed by atoms with Gasteiger partial charge >= 0.3 is 6.18 Å². The number of pyridine rings is 1. The molecule has 0 fully saturated rings. The fraction of sp³-hybridized carbons (Fsp3) is 0.0357. The quantitative estimate of drug-likeness (QED) is 0.288. The van der Waals surface area contributed by atoms with Crippen LogP contribution in [0.4, 0.5) is 24.5 Å². The van der Waals surface area contributed by atoms with Gasteiger partial charge in [0.25, 0.3) is 11.8 Å². The highest BCUT2D eigenvalue weighted by atomic mass is 19.4. The number of benzene rings is 3. The molecule has 0 saturated heterocycles. The van der Waals surface area contributed by atoms with Crippen LogP contribution >= 0.6 is 0 Å². The molecule has 2 aromatic heterocycles. The van der Waals surface area contributed by atoms with E-state index in [4.69, 9.17) is 0 Å². The molecule has 0 saturated carbocycles. The lowest BCUT2D eigenvalue weighted by Gasteiger charge is -2.11. The number of halogens is 3.